The van der Waals surface area contributed by atoms with Crippen LogP contribution in [0.5, 0.6) is 0 Å². The number of hydrazone groups is 1. The summed E-state index contributed by atoms with van der Waals surface area (Å²) in [6.07, 6.45) is 4.34. The molecule has 5 nitrogen and oxygen atoms in total. The van der Waals surface area contributed by atoms with Gasteiger partial charge in [0, 0.05) is 6.61 Å². The standard InChI is InChI=1S/C10H12N2O3/c13-10(9-4-2-6-15-9)12-11-7-8-3-1-5-14-8/h1,3,5,7,9H,2,4,6H2,(H,12,13)/b11-7+. The first kappa shape index (κ1) is 9.92. The number of hydrogen-bond donors (Lipinski definition) is 1. The molecule has 1 atom stereocenters. The van der Waals surface area contributed by atoms with Crippen LogP contribution in [0.1, 0.15) is 18.6 Å². The third-order valence-electron chi connectivity index (χ3n) is 2.13. The molecule has 2 heterocycles. The van der Waals surface area contributed by atoms with Crippen molar-refractivity contribution in [3.05, 3.63) is 24.2 Å². The fourth-order valence-corrected chi connectivity index (χ4v) is 1.38. The molecule has 1 aliphatic rings. The van der Waals surface area contributed by atoms with Crippen molar-refractivity contribution >= 4 is 12.1 Å². The van der Waals surface area contributed by atoms with Gasteiger partial charge in [0.1, 0.15) is 11.9 Å². The van der Waals surface area contributed by atoms with E-state index in [0.29, 0.717) is 12.4 Å². The van der Waals surface area contributed by atoms with E-state index in [-0.39, 0.29) is 12.0 Å². The second kappa shape index (κ2) is 4.75. The van der Waals surface area contributed by atoms with E-state index >= 15 is 0 Å². The first-order valence-electron chi connectivity index (χ1n) is 4.84. The molecule has 0 aromatic carbocycles. The summed E-state index contributed by atoms with van der Waals surface area (Å²) in [5.41, 5.74) is 2.41. The molecule has 0 bridgehead atoms. The monoisotopic (exact) mass is 208 g/mol. The maximum Gasteiger partial charge on any atom is 0.269 e. The van der Waals surface area contributed by atoms with E-state index in [0.717, 1.165) is 12.8 Å². The van der Waals surface area contributed by atoms with Crippen molar-refractivity contribution in [1.82, 2.24) is 5.43 Å². The number of carbonyl (C=O) groups is 1. The molecule has 0 aliphatic carbocycles. The van der Waals surface area contributed by atoms with Crippen molar-refractivity contribution in [2.75, 3.05) is 6.61 Å². The van der Waals surface area contributed by atoms with Crippen LogP contribution in [0.4, 0.5) is 0 Å². The van der Waals surface area contributed by atoms with E-state index in [1.54, 1.807) is 18.4 Å². The Morgan fingerprint density at radius 1 is 1.67 bits per heavy atom. The Labute approximate surface area is 87.1 Å². The highest BCUT2D eigenvalue weighted by atomic mass is 16.5. The molecule has 1 amide bonds. The topological polar surface area (TPSA) is 63.8 Å². The Balaban J connectivity index is 1.80. The lowest BCUT2D eigenvalue weighted by molar-refractivity contribution is -0.130. The summed E-state index contributed by atoms with van der Waals surface area (Å²) >= 11 is 0. The lowest BCUT2D eigenvalue weighted by atomic mass is 10.2. The first-order chi connectivity index (χ1) is 7.36. The maximum atomic E-state index is 11.4. The van der Waals surface area contributed by atoms with Gasteiger partial charge in [0.15, 0.2) is 0 Å². The highest BCUT2D eigenvalue weighted by molar-refractivity contribution is 5.83. The Kier molecular flexibility index (Phi) is 3.14. The van der Waals surface area contributed by atoms with Gasteiger partial charge in [0.2, 0.25) is 0 Å². The number of furan rings is 1. The van der Waals surface area contributed by atoms with Crippen molar-refractivity contribution in [3.63, 3.8) is 0 Å². The Morgan fingerprint density at radius 2 is 2.60 bits per heavy atom. The maximum absolute atomic E-state index is 11.4. The summed E-state index contributed by atoms with van der Waals surface area (Å²) in [6.45, 7) is 0.653. The number of rotatable bonds is 3. The molecule has 0 spiro atoms. The van der Waals surface area contributed by atoms with Crippen LogP contribution in [0.25, 0.3) is 0 Å². The molecule has 1 aromatic rings. The minimum Gasteiger partial charge on any atom is -0.463 e. The summed E-state index contributed by atoms with van der Waals surface area (Å²) in [6, 6.07) is 3.50. The average Bonchev–Trinajstić information content (AvgIpc) is 2.90. The SMILES string of the molecule is O=C(N/N=C/c1ccco1)C1CCCO1. The smallest absolute Gasteiger partial charge is 0.269 e. The van der Waals surface area contributed by atoms with Gasteiger partial charge < -0.3 is 9.15 Å². The first-order valence-corrected chi connectivity index (χ1v) is 4.84. The normalized spacial score (nSPS) is 20.9. The fourth-order valence-electron chi connectivity index (χ4n) is 1.38. The minimum atomic E-state index is -0.348. The second-order valence-electron chi connectivity index (χ2n) is 3.25. The molecule has 80 valence electrons. The molecular weight excluding hydrogens is 196 g/mol. The molecule has 1 fully saturated rings. The van der Waals surface area contributed by atoms with Gasteiger partial charge in [-0.2, -0.15) is 5.10 Å². The van der Waals surface area contributed by atoms with E-state index in [1.165, 1.54) is 6.21 Å². The van der Waals surface area contributed by atoms with Gasteiger partial charge in [-0.15, -0.1) is 0 Å². The minimum absolute atomic E-state index is 0.199. The third-order valence-corrected chi connectivity index (χ3v) is 2.13. The van der Waals surface area contributed by atoms with Crippen molar-refractivity contribution < 1.29 is 13.9 Å². The zero-order valence-electron chi connectivity index (χ0n) is 8.18. The molecule has 1 saturated heterocycles. The van der Waals surface area contributed by atoms with Crippen LogP contribution in [0.2, 0.25) is 0 Å². The van der Waals surface area contributed by atoms with Gasteiger partial charge in [-0.05, 0) is 25.0 Å². The van der Waals surface area contributed by atoms with Crippen LogP contribution in [0.15, 0.2) is 27.9 Å². The van der Waals surface area contributed by atoms with Crippen LogP contribution in [-0.4, -0.2) is 24.8 Å². The molecule has 2 rings (SSSR count). The van der Waals surface area contributed by atoms with Gasteiger partial charge >= 0.3 is 0 Å². The molecule has 0 saturated carbocycles. The summed E-state index contributed by atoms with van der Waals surface area (Å²) < 4.78 is 10.2. The number of ether oxygens (including phenoxy) is 1. The quantitative estimate of drug-likeness (QED) is 0.593. The lowest BCUT2D eigenvalue weighted by Gasteiger charge is -2.05. The molecule has 15 heavy (non-hydrogen) atoms. The molecule has 1 aliphatic heterocycles. The van der Waals surface area contributed by atoms with E-state index in [2.05, 4.69) is 10.5 Å². The van der Waals surface area contributed by atoms with Gasteiger partial charge in [-0.25, -0.2) is 5.43 Å². The Bertz CT molecular complexity index is 340. The molecule has 5 heteroatoms. The zero-order chi connectivity index (χ0) is 10.5. The summed E-state index contributed by atoms with van der Waals surface area (Å²) in [4.78, 5) is 11.4. The molecule has 1 aromatic heterocycles. The Hall–Kier alpha value is -1.62. The number of nitrogens with one attached hydrogen (secondary N) is 1. The molecule has 0 radical (unpaired) electrons. The summed E-state index contributed by atoms with van der Waals surface area (Å²) in [5.74, 6) is 0.401. The molecule has 1 unspecified atom stereocenters. The van der Waals surface area contributed by atoms with Crippen LogP contribution >= 0.6 is 0 Å². The number of amides is 1. The van der Waals surface area contributed by atoms with E-state index in [4.69, 9.17) is 9.15 Å². The Morgan fingerprint density at radius 3 is 3.27 bits per heavy atom. The van der Waals surface area contributed by atoms with Crippen LogP contribution < -0.4 is 5.43 Å². The van der Waals surface area contributed by atoms with Crippen molar-refractivity contribution in [1.29, 1.82) is 0 Å². The third kappa shape index (κ3) is 2.66. The van der Waals surface area contributed by atoms with Gasteiger partial charge in [0.05, 0.1) is 12.5 Å². The van der Waals surface area contributed by atoms with Crippen LogP contribution in [-0.2, 0) is 9.53 Å². The highest BCUT2D eigenvalue weighted by Crippen LogP contribution is 2.11. The largest absolute Gasteiger partial charge is 0.463 e. The number of hydrogen-bond acceptors (Lipinski definition) is 4. The van der Waals surface area contributed by atoms with Crippen LogP contribution in [0.3, 0.4) is 0 Å². The summed E-state index contributed by atoms with van der Waals surface area (Å²) in [7, 11) is 0. The number of carbonyl (C=O) groups excluding carboxylic acids is 1. The second-order valence-corrected chi connectivity index (χ2v) is 3.25. The predicted molar refractivity (Wildman–Crippen MR) is 53.4 cm³/mol. The van der Waals surface area contributed by atoms with Gasteiger partial charge in [-0.1, -0.05) is 0 Å². The van der Waals surface area contributed by atoms with E-state index in [9.17, 15) is 4.79 Å². The van der Waals surface area contributed by atoms with E-state index in [1.807, 2.05) is 0 Å². The number of nitrogens with zero attached hydrogens (tertiary/aromatic N) is 1. The van der Waals surface area contributed by atoms with Crippen molar-refractivity contribution in [3.8, 4) is 0 Å². The fraction of sp³-hybridized carbons (Fsp3) is 0.400. The zero-order valence-corrected chi connectivity index (χ0v) is 8.18. The van der Waals surface area contributed by atoms with Gasteiger partial charge in [0.25, 0.3) is 5.91 Å². The highest BCUT2D eigenvalue weighted by Gasteiger charge is 2.22. The predicted octanol–water partition coefficient (Wildman–Crippen LogP) is 0.909. The average molecular weight is 208 g/mol. The summed E-state index contributed by atoms with van der Waals surface area (Å²) in [5, 5.41) is 3.76. The van der Waals surface area contributed by atoms with Crippen LogP contribution in [0, 0.1) is 0 Å². The lowest BCUT2D eigenvalue weighted by Crippen LogP contribution is -2.30. The van der Waals surface area contributed by atoms with Crippen molar-refractivity contribution in [2.24, 2.45) is 5.10 Å². The van der Waals surface area contributed by atoms with E-state index < -0.39 is 0 Å². The molecule has 1 N–H and O–H groups in total. The van der Waals surface area contributed by atoms with Crippen molar-refractivity contribution in [2.45, 2.75) is 18.9 Å². The molecular formula is C10H12N2O3. The van der Waals surface area contributed by atoms with Gasteiger partial charge in [-0.3, -0.25) is 4.79 Å².